The van der Waals surface area contributed by atoms with Crippen LogP contribution in [0.3, 0.4) is 0 Å². The third-order valence-electron chi connectivity index (χ3n) is 2.88. The lowest BCUT2D eigenvalue weighted by molar-refractivity contribution is -0.144. The van der Waals surface area contributed by atoms with Crippen LogP contribution in [0.5, 0.6) is 0 Å². The van der Waals surface area contributed by atoms with Gasteiger partial charge in [0.05, 0.1) is 6.61 Å². The lowest BCUT2D eigenvalue weighted by Crippen LogP contribution is -2.31. The van der Waals surface area contributed by atoms with Gasteiger partial charge in [-0.1, -0.05) is 38.5 Å². The first kappa shape index (κ1) is 14.6. The van der Waals surface area contributed by atoms with Gasteiger partial charge in [-0.2, -0.15) is 0 Å². The molecule has 1 unspecified atom stereocenters. The number of para-hydroxylation sites is 1. The zero-order chi connectivity index (χ0) is 13.4. The highest BCUT2D eigenvalue weighted by Gasteiger charge is 2.19. The predicted molar refractivity (Wildman–Crippen MR) is 74.8 cm³/mol. The minimum atomic E-state index is -0.248. The van der Waals surface area contributed by atoms with Gasteiger partial charge < -0.3 is 10.1 Å². The third-order valence-corrected chi connectivity index (χ3v) is 2.88. The van der Waals surface area contributed by atoms with Crippen LogP contribution in [0.2, 0.25) is 0 Å². The molecule has 0 aromatic heterocycles. The van der Waals surface area contributed by atoms with Crippen LogP contribution >= 0.6 is 0 Å². The van der Waals surface area contributed by atoms with E-state index in [2.05, 4.69) is 25.2 Å². The van der Waals surface area contributed by atoms with Crippen LogP contribution < -0.4 is 5.32 Å². The van der Waals surface area contributed by atoms with Crippen molar-refractivity contribution in [2.24, 2.45) is 0 Å². The standard InChI is InChI=1S/C15H23NO2/c1-4-9-14(15(17)18-6-3)16-13-11-8-7-10-12(13)5-2/h7-8,10-11,14,16H,4-6,9H2,1-3H3. The summed E-state index contributed by atoms with van der Waals surface area (Å²) in [4.78, 5) is 11.9. The number of esters is 1. The number of benzene rings is 1. The Labute approximate surface area is 110 Å². The second-order valence-corrected chi connectivity index (χ2v) is 4.25. The smallest absolute Gasteiger partial charge is 0.328 e. The molecule has 1 aromatic rings. The highest BCUT2D eigenvalue weighted by atomic mass is 16.5. The summed E-state index contributed by atoms with van der Waals surface area (Å²) in [5, 5.41) is 3.31. The van der Waals surface area contributed by atoms with E-state index in [4.69, 9.17) is 4.74 Å². The molecular weight excluding hydrogens is 226 g/mol. The number of ether oxygens (including phenoxy) is 1. The van der Waals surface area contributed by atoms with Crippen LogP contribution in [-0.2, 0) is 16.0 Å². The lowest BCUT2D eigenvalue weighted by atomic mass is 10.1. The minimum absolute atomic E-state index is 0.162. The maximum Gasteiger partial charge on any atom is 0.328 e. The first-order valence-corrected chi connectivity index (χ1v) is 6.73. The average molecular weight is 249 g/mol. The molecule has 3 nitrogen and oxygen atoms in total. The summed E-state index contributed by atoms with van der Waals surface area (Å²) in [6.45, 7) is 6.44. The fourth-order valence-corrected chi connectivity index (χ4v) is 1.94. The maximum absolute atomic E-state index is 11.9. The van der Waals surface area contributed by atoms with Crippen LogP contribution in [0.4, 0.5) is 5.69 Å². The summed E-state index contributed by atoms with van der Waals surface area (Å²) in [6, 6.07) is 7.85. The Balaban J connectivity index is 2.79. The van der Waals surface area contributed by atoms with E-state index in [1.165, 1.54) is 5.56 Å². The van der Waals surface area contributed by atoms with Crippen molar-refractivity contribution in [2.75, 3.05) is 11.9 Å². The van der Waals surface area contributed by atoms with Gasteiger partial charge >= 0.3 is 5.97 Å². The molecule has 100 valence electrons. The van der Waals surface area contributed by atoms with Crippen molar-refractivity contribution in [1.29, 1.82) is 0 Å². The SMILES string of the molecule is CCCC(Nc1ccccc1CC)C(=O)OCC. The van der Waals surface area contributed by atoms with Crippen LogP contribution in [0.15, 0.2) is 24.3 Å². The molecule has 0 aliphatic carbocycles. The normalized spacial score (nSPS) is 11.9. The van der Waals surface area contributed by atoms with Gasteiger partial charge in [-0.3, -0.25) is 0 Å². The van der Waals surface area contributed by atoms with Crippen molar-refractivity contribution in [3.05, 3.63) is 29.8 Å². The number of hydrogen-bond acceptors (Lipinski definition) is 3. The van der Waals surface area contributed by atoms with Crippen molar-refractivity contribution in [3.8, 4) is 0 Å². The predicted octanol–water partition coefficient (Wildman–Crippen LogP) is 3.39. The van der Waals surface area contributed by atoms with Crippen LogP contribution in [0.1, 0.15) is 39.2 Å². The molecule has 18 heavy (non-hydrogen) atoms. The summed E-state index contributed by atoms with van der Waals surface area (Å²) in [5.41, 5.74) is 2.26. The van der Waals surface area contributed by atoms with E-state index < -0.39 is 0 Å². The topological polar surface area (TPSA) is 38.3 Å². The lowest BCUT2D eigenvalue weighted by Gasteiger charge is -2.19. The van der Waals surface area contributed by atoms with Crippen molar-refractivity contribution in [3.63, 3.8) is 0 Å². The molecule has 0 saturated heterocycles. The largest absolute Gasteiger partial charge is 0.464 e. The van der Waals surface area contributed by atoms with Crippen molar-refractivity contribution < 1.29 is 9.53 Å². The first-order valence-electron chi connectivity index (χ1n) is 6.73. The van der Waals surface area contributed by atoms with Gasteiger partial charge in [-0.25, -0.2) is 4.79 Å². The van der Waals surface area contributed by atoms with E-state index >= 15 is 0 Å². The fraction of sp³-hybridized carbons (Fsp3) is 0.533. The number of hydrogen-bond donors (Lipinski definition) is 1. The Morgan fingerprint density at radius 1 is 1.28 bits per heavy atom. The molecule has 0 amide bonds. The molecule has 0 saturated carbocycles. The molecule has 3 heteroatoms. The molecule has 0 heterocycles. The summed E-state index contributed by atoms with van der Waals surface area (Å²) < 4.78 is 5.10. The number of nitrogens with one attached hydrogen (secondary N) is 1. The molecule has 0 spiro atoms. The number of carbonyl (C=O) groups excluding carboxylic acids is 1. The molecule has 0 aliphatic rings. The average Bonchev–Trinajstić information content (AvgIpc) is 2.39. The summed E-state index contributed by atoms with van der Waals surface area (Å²) in [7, 11) is 0. The Kier molecular flexibility index (Phi) is 6.26. The van der Waals surface area contributed by atoms with Crippen LogP contribution in [0, 0.1) is 0 Å². The molecule has 1 N–H and O–H groups in total. The van der Waals surface area contributed by atoms with Gasteiger partial charge in [0.25, 0.3) is 0 Å². The Morgan fingerprint density at radius 2 is 2.00 bits per heavy atom. The monoisotopic (exact) mass is 249 g/mol. The quantitative estimate of drug-likeness (QED) is 0.753. The molecule has 1 aromatic carbocycles. The van der Waals surface area contributed by atoms with Crippen LogP contribution in [0.25, 0.3) is 0 Å². The van der Waals surface area contributed by atoms with E-state index in [0.717, 1.165) is 24.9 Å². The van der Waals surface area contributed by atoms with Crippen molar-refractivity contribution >= 4 is 11.7 Å². The second kappa shape index (κ2) is 7.75. The number of aryl methyl sites for hydroxylation is 1. The second-order valence-electron chi connectivity index (χ2n) is 4.25. The van der Waals surface area contributed by atoms with Gasteiger partial charge in [0.15, 0.2) is 0 Å². The van der Waals surface area contributed by atoms with Gasteiger partial charge in [0, 0.05) is 5.69 Å². The van der Waals surface area contributed by atoms with E-state index in [1.54, 1.807) is 0 Å². The molecule has 0 fully saturated rings. The molecule has 1 rings (SSSR count). The number of anilines is 1. The van der Waals surface area contributed by atoms with Crippen LogP contribution in [-0.4, -0.2) is 18.6 Å². The molecule has 1 atom stereocenters. The molecule has 0 radical (unpaired) electrons. The van der Waals surface area contributed by atoms with E-state index in [-0.39, 0.29) is 12.0 Å². The molecule has 0 bridgehead atoms. The summed E-state index contributed by atoms with van der Waals surface area (Å²) in [6.07, 6.45) is 2.69. The van der Waals surface area contributed by atoms with Gasteiger partial charge in [0.2, 0.25) is 0 Å². The highest BCUT2D eigenvalue weighted by Crippen LogP contribution is 2.18. The third kappa shape index (κ3) is 4.06. The number of carbonyl (C=O) groups is 1. The Hall–Kier alpha value is -1.51. The summed E-state index contributed by atoms with van der Waals surface area (Å²) >= 11 is 0. The number of rotatable bonds is 7. The molecular formula is C15H23NO2. The van der Waals surface area contributed by atoms with E-state index in [9.17, 15) is 4.79 Å². The minimum Gasteiger partial charge on any atom is -0.464 e. The Morgan fingerprint density at radius 3 is 2.61 bits per heavy atom. The Bertz CT molecular complexity index is 377. The van der Waals surface area contributed by atoms with E-state index in [1.807, 2.05) is 25.1 Å². The molecule has 0 aliphatic heterocycles. The van der Waals surface area contributed by atoms with Gasteiger partial charge in [0.1, 0.15) is 6.04 Å². The maximum atomic E-state index is 11.9. The zero-order valence-corrected chi connectivity index (χ0v) is 11.5. The van der Waals surface area contributed by atoms with Crippen molar-refractivity contribution in [1.82, 2.24) is 0 Å². The van der Waals surface area contributed by atoms with Gasteiger partial charge in [-0.05, 0) is 31.4 Å². The highest BCUT2D eigenvalue weighted by molar-refractivity contribution is 5.79. The summed E-state index contributed by atoms with van der Waals surface area (Å²) in [5.74, 6) is -0.162. The van der Waals surface area contributed by atoms with Crippen molar-refractivity contribution in [2.45, 2.75) is 46.1 Å². The zero-order valence-electron chi connectivity index (χ0n) is 11.5. The fourth-order valence-electron chi connectivity index (χ4n) is 1.94. The van der Waals surface area contributed by atoms with E-state index in [0.29, 0.717) is 6.61 Å². The first-order chi connectivity index (χ1) is 8.72. The van der Waals surface area contributed by atoms with Gasteiger partial charge in [-0.15, -0.1) is 0 Å².